The highest BCUT2D eigenvalue weighted by Gasteiger charge is 2.08. The topological polar surface area (TPSA) is 72.5 Å². The lowest BCUT2D eigenvalue weighted by molar-refractivity contribution is -0.115. The minimum absolute atomic E-state index is 0.103. The lowest BCUT2D eigenvalue weighted by Gasteiger charge is -2.13. The zero-order chi connectivity index (χ0) is 19.9. The maximum Gasteiger partial charge on any atom is 0.229 e. The number of pyridine rings is 1. The Morgan fingerprint density at radius 3 is 2.57 bits per heavy atom. The summed E-state index contributed by atoms with van der Waals surface area (Å²) < 4.78 is 10.6. The van der Waals surface area contributed by atoms with E-state index in [0.29, 0.717) is 18.0 Å². The van der Waals surface area contributed by atoms with Gasteiger partial charge in [0.25, 0.3) is 0 Å². The van der Waals surface area contributed by atoms with Crippen molar-refractivity contribution in [3.05, 3.63) is 71.9 Å². The summed E-state index contributed by atoms with van der Waals surface area (Å²) in [7, 11) is 3.22. The number of benzene rings is 2. The number of ether oxygens (including phenoxy) is 2. The van der Waals surface area contributed by atoms with Crippen LogP contribution in [0.2, 0.25) is 0 Å². The fraction of sp³-hybridized carbons (Fsp3) is 0.182. The van der Waals surface area contributed by atoms with Crippen molar-refractivity contribution >= 4 is 23.1 Å². The van der Waals surface area contributed by atoms with Crippen molar-refractivity contribution in [3.8, 4) is 11.5 Å². The van der Waals surface area contributed by atoms with E-state index in [1.165, 1.54) is 0 Å². The Kier molecular flexibility index (Phi) is 6.11. The van der Waals surface area contributed by atoms with E-state index in [-0.39, 0.29) is 5.91 Å². The predicted octanol–water partition coefficient (Wildman–Crippen LogP) is 4.33. The molecule has 2 N–H and O–H groups in total. The Morgan fingerprint density at radius 2 is 1.89 bits per heavy atom. The molecule has 0 radical (unpaired) electrons. The highest BCUT2D eigenvalue weighted by Crippen LogP contribution is 2.31. The summed E-state index contributed by atoms with van der Waals surface area (Å²) in [6.45, 7) is 2.01. The molecule has 0 aliphatic heterocycles. The third kappa shape index (κ3) is 5.01. The molecule has 0 fully saturated rings. The minimum Gasteiger partial charge on any atom is -0.497 e. The SMILES string of the molecule is COc1ccc(OC)c(Nc2ccc(NC(=O)Cc3cccc(C)c3)nc2)c1. The van der Waals surface area contributed by atoms with E-state index >= 15 is 0 Å². The van der Waals surface area contributed by atoms with Gasteiger partial charge in [0.2, 0.25) is 5.91 Å². The molecule has 0 unspecified atom stereocenters. The second-order valence-electron chi connectivity index (χ2n) is 6.34. The molecule has 1 aromatic heterocycles. The number of aryl methyl sites for hydroxylation is 1. The van der Waals surface area contributed by atoms with Crippen LogP contribution in [0.25, 0.3) is 0 Å². The summed E-state index contributed by atoms with van der Waals surface area (Å²) in [6.07, 6.45) is 1.96. The molecule has 1 amide bonds. The fourth-order valence-corrected chi connectivity index (χ4v) is 2.80. The first-order chi connectivity index (χ1) is 13.6. The third-order valence-electron chi connectivity index (χ3n) is 4.16. The Balaban J connectivity index is 1.64. The van der Waals surface area contributed by atoms with Gasteiger partial charge in [-0.25, -0.2) is 4.98 Å². The largest absolute Gasteiger partial charge is 0.497 e. The molecule has 0 spiro atoms. The number of nitrogens with zero attached hydrogens (tertiary/aromatic N) is 1. The summed E-state index contributed by atoms with van der Waals surface area (Å²) in [5.74, 6) is 1.81. The maximum atomic E-state index is 12.2. The van der Waals surface area contributed by atoms with E-state index in [9.17, 15) is 4.79 Å². The third-order valence-corrected chi connectivity index (χ3v) is 4.16. The van der Waals surface area contributed by atoms with Gasteiger partial charge in [-0.15, -0.1) is 0 Å². The van der Waals surface area contributed by atoms with Crippen LogP contribution in [0.1, 0.15) is 11.1 Å². The molecular weight excluding hydrogens is 354 g/mol. The summed E-state index contributed by atoms with van der Waals surface area (Å²) >= 11 is 0. The van der Waals surface area contributed by atoms with E-state index in [1.54, 1.807) is 26.5 Å². The number of anilines is 3. The second-order valence-corrected chi connectivity index (χ2v) is 6.34. The van der Waals surface area contributed by atoms with Crippen molar-refractivity contribution in [1.82, 2.24) is 4.98 Å². The van der Waals surface area contributed by atoms with Crippen LogP contribution >= 0.6 is 0 Å². The van der Waals surface area contributed by atoms with Crippen LogP contribution in [-0.4, -0.2) is 25.1 Å². The van der Waals surface area contributed by atoms with Crippen molar-refractivity contribution in [2.24, 2.45) is 0 Å². The number of rotatable bonds is 7. The maximum absolute atomic E-state index is 12.2. The van der Waals surface area contributed by atoms with Crippen LogP contribution in [0.15, 0.2) is 60.8 Å². The molecule has 0 bridgehead atoms. The number of amides is 1. The van der Waals surface area contributed by atoms with Crippen molar-refractivity contribution in [2.75, 3.05) is 24.9 Å². The molecule has 0 saturated carbocycles. The zero-order valence-electron chi connectivity index (χ0n) is 16.2. The number of methoxy groups -OCH3 is 2. The molecule has 28 heavy (non-hydrogen) atoms. The van der Waals surface area contributed by atoms with Gasteiger partial charge >= 0.3 is 0 Å². The smallest absolute Gasteiger partial charge is 0.229 e. The lowest BCUT2D eigenvalue weighted by Crippen LogP contribution is -2.15. The van der Waals surface area contributed by atoms with Crippen molar-refractivity contribution in [3.63, 3.8) is 0 Å². The van der Waals surface area contributed by atoms with Gasteiger partial charge < -0.3 is 20.1 Å². The summed E-state index contributed by atoms with van der Waals surface area (Å²) in [6, 6.07) is 17.0. The van der Waals surface area contributed by atoms with Gasteiger partial charge in [-0.2, -0.15) is 0 Å². The first-order valence-corrected chi connectivity index (χ1v) is 8.88. The predicted molar refractivity (Wildman–Crippen MR) is 111 cm³/mol. The molecule has 3 aromatic rings. The molecule has 144 valence electrons. The second kappa shape index (κ2) is 8.90. The van der Waals surface area contributed by atoms with Gasteiger partial charge in [-0.3, -0.25) is 4.79 Å². The Morgan fingerprint density at radius 1 is 1.04 bits per heavy atom. The molecule has 6 nitrogen and oxygen atoms in total. The molecule has 0 aliphatic carbocycles. The van der Waals surface area contributed by atoms with E-state index < -0.39 is 0 Å². The number of carbonyl (C=O) groups is 1. The van der Waals surface area contributed by atoms with Crippen LogP contribution in [0.5, 0.6) is 11.5 Å². The molecule has 3 rings (SSSR count). The summed E-state index contributed by atoms with van der Waals surface area (Å²) in [5.41, 5.74) is 3.64. The average molecular weight is 377 g/mol. The number of hydrogen-bond donors (Lipinski definition) is 2. The monoisotopic (exact) mass is 377 g/mol. The van der Waals surface area contributed by atoms with Crippen LogP contribution in [0, 0.1) is 6.92 Å². The minimum atomic E-state index is -0.103. The summed E-state index contributed by atoms with van der Waals surface area (Å²) in [5, 5.41) is 6.06. The molecule has 1 heterocycles. The van der Waals surface area contributed by atoms with E-state index in [1.807, 2.05) is 55.5 Å². The van der Waals surface area contributed by atoms with E-state index in [2.05, 4.69) is 15.6 Å². The normalized spacial score (nSPS) is 10.2. The van der Waals surface area contributed by atoms with Crippen molar-refractivity contribution in [1.29, 1.82) is 0 Å². The van der Waals surface area contributed by atoms with Crippen LogP contribution in [0.4, 0.5) is 17.2 Å². The number of nitrogens with one attached hydrogen (secondary N) is 2. The fourth-order valence-electron chi connectivity index (χ4n) is 2.80. The first kappa shape index (κ1) is 19.2. The highest BCUT2D eigenvalue weighted by molar-refractivity contribution is 5.91. The van der Waals surface area contributed by atoms with E-state index in [0.717, 1.165) is 28.3 Å². The quantitative estimate of drug-likeness (QED) is 0.641. The van der Waals surface area contributed by atoms with Gasteiger partial charge in [0.05, 0.1) is 38.2 Å². The Labute approximate surface area is 164 Å². The van der Waals surface area contributed by atoms with Gasteiger partial charge in [0, 0.05) is 6.07 Å². The molecule has 2 aromatic carbocycles. The number of aromatic nitrogens is 1. The lowest BCUT2D eigenvalue weighted by atomic mass is 10.1. The molecule has 0 aliphatic rings. The van der Waals surface area contributed by atoms with Crippen LogP contribution in [-0.2, 0) is 11.2 Å². The molecule has 0 saturated heterocycles. The van der Waals surface area contributed by atoms with Crippen LogP contribution in [0.3, 0.4) is 0 Å². The zero-order valence-corrected chi connectivity index (χ0v) is 16.2. The highest BCUT2D eigenvalue weighted by atomic mass is 16.5. The van der Waals surface area contributed by atoms with Gasteiger partial charge in [0.15, 0.2) is 0 Å². The van der Waals surface area contributed by atoms with E-state index in [4.69, 9.17) is 9.47 Å². The first-order valence-electron chi connectivity index (χ1n) is 8.88. The number of hydrogen-bond acceptors (Lipinski definition) is 5. The number of carbonyl (C=O) groups excluding carboxylic acids is 1. The Hall–Kier alpha value is -3.54. The standard InChI is InChI=1S/C22H23N3O3/c1-15-5-4-6-16(11-15)12-22(26)25-21-10-7-17(14-23-21)24-19-13-18(27-2)8-9-20(19)28-3/h4-11,13-14,24H,12H2,1-3H3,(H,23,25,26). The average Bonchev–Trinajstić information content (AvgIpc) is 2.69. The molecule has 0 atom stereocenters. The van der Waals surface area contributed by atoms with Gasteiger partial charge in [-0.1, -0.05) is 29.8 Å². The molecular formula is C22H23N3O3. The molecule has 6 heteroatoms. The van der Waals surface area contributed by atoms with Crippen molar-refractivity contribution in [2.45, 2.75) is 13.3 Å². The Bertz CT molecular complexity index is 955. The van der Waals surface area contributed by atoms with Crippen LogP contribution < -0.4 is 20.1 Å². The summed E-state index contributed by atoms with van der Waals surface area (Å²) in [4.78, 5) is 16.5. The van der Waals surface area contributed by atoms with Gasteiger partial charge in [0.1, 0.15) is 17.3 Å². The van der Waals surface area contributed by atoms with Gasteiger partial charge in [-0.05, 0) is 36.8 Å². The van der Waals surface area contributed by atoms with Crippen molar-refractivity contribution < 1.29 is 14.3 Å².